The van der Waals surface area contributed by atoms with Crippen LogP contribution in [0.5, 0.6) is 0 Å². The Morgan fingerprint density at radius 1 is 0.0621 bits per heavy atom. The van der Waals surface area contributed by atoms with E-state index in [1.54, 1.807) is 0 Å². The Bertz CT molecular complexity index is 4160. The van der Waals surface area contributed by atoms with E-state index >= 15 is 0 Å². The van der Waals surface area contributed by atoms with Crippen LogP contribution in [-0.2, 0) is 80.5 Å². The fraction of sp³-hybridized carbons (Fsp3) is 1.00. The van der Waals surface area contributed by atoms with E-state index < -0.39 is 256 Å². The molecule has 0 aromatic heterocycles. The predicted molar refractivity (Wildman–Crippen MR) is 228 cm³/mol. The lowest BCUT2D eigenvalue weighted by Crippen LogP contribution is -2.69. The van der Waals surface area contributed by atoms with Crippen LogP contribution < -0.4 is 0 Å². The van der Waals surface area contributed by atoms with Gasteiger partial charge in [-0.15, -0.1) is 96.6 Å². The summed E-state index contributed by atoms with van der Waals surface area (Å²) in [6, 6.07) is 0. The highest BCUT2D eigenvalue weighted by molar-refractivity contribution is 5.06. The van der Waals surface area contributed by atoms with Crippen molar-refractivity contribution < 1.29 is 458 Å². The molecule has 0 fully saturated rings. The molecular formula is C42F86O17. The summed E-state index contributed by atoms with van der Waals surface area (Å²) in [6.07, 6.45) is -235. The van der Waals surface area contributed by atoms with Gasteiger partial charge in [0.05, 0.1) is 0 Å². The number of hydrogen-bond acceptors (Lipinski definition) is 17. The number of halogens is 86. The van der Waals surface area contributed by atoms with E-state index in [4.69, 9.17) is 0 Å². The van der Waals surface area contributed by atoms with E-state index in [0.717, 1.165) is 23.7 Å². The average Bonchev–Trinajstić information content (AvgIpc) is 0.717. The molecule has 0 aliphatic carbocycles. The van der Waals surface area contributed by atoms with Gasteiger partial charge in [-0.05, 0) is 0 Å². The second-order valence-electron chi connectivity index (χ2n) is 23.8. The normalized spacial score (nSPS) is 17.1. The highest BCUT2D eigenvalue weighted by atomic mass is 19.5. The van der Waals surface area contributed by atoms with Crippen molar-refractivity contribution in [3.05, 3.63) is 0 Å². The van der Waals surface area contributed by atoms with Gasteiger partial charge in [-0.1, -0.05) is 0 Å². The monoisotopic (exact) mass is 2410 g/mol. The van der Waals surface area contributed by atoms with Gasteiger partial charge in [-0.25, -0.2) is 75.8 Å². The molecule has 0 amide bonds. The molecule has 0 bridgehead atoms. The molecule has 0 unspecified atom stereocenters. The summed E-state index contributed by atoms with van der Waals surface area (Å²) in [7, 11) is 0. The van der Waals surface area contributed by atoms with Crippen molar-refractivity contribution in [3.8, 4) is 0 Å². The lowest BCUT2D eigenvalue weighted by atomic mass is 10.1. The van der Waals surface area contributed by atoms with Crippen molar-refractivity contribution in [2.75, 3.05) is 0 Å². The van der Waals surface area contributed by atoms with Crippen molar-refractivity contribution in [2.24, 2.45) is 0 Å². The first-order chi connectivity index (χ1) is 61.0. The molecule has 0 N–H and O–H groups in total. The summed E-state index contributed by atoms with van der Waals surface area (Å²) < 4.78 is 1190. The lowest BCUT2D eigenvalue weighted by molar-refractivity contribution is -0.600. The van der Waals surface area contributed by atoms with Crippen molar-refractivity contribution in [2.45, 2.75) is 256 Å². The number of ether oxygens (including phenoxy) is 17. The molecule has 0 atom stereocenters. The SMILES string of the molecule is FC(F)(F)OC(F)(F)OC(F)(F)C(F)(F)C(F)(F)C(F)(F)OC(F)(F)OC(F)(F)C(F)(F)C(F)(F)C(F)(F)OC(F)(F)OC(F)(F)C(F)(F)C(F)(F)C(F)(F)OC(F)(F)OC(F)(F)C(F)(F)C(F)(F)C(F)(F)OC(F)(F)OC(F)(F)C(F)(F)C(F)(F)C(F)(F)OC(F)(F)OC(F)(F)C(F)(F)C(F)(F)C(F)(F)OC(F)(F)OC(F)(F)C(F)(F)C(F)(F)C(F)(F)OC(F)(F)OC(F)(F)C(F)(F)C(F)(F)C(F)(F)OC(F)(F)F. The molecule has 0 rings (SSSR count). The number of hydrogen-bond donors (Lipinski definition) is 0. The Balaban J connectivity index is 7.20. The quantitative estimate of drug-likeness (QED) is 0.0418. The Morgan fingerprint density at radius 2 is 0.110 bits per heavy atom. The fourth-order valence-electron chi connectivity index (χ4n) is 6.63. The molecule has 0 heterocycles. The zero-order chi connectivity index (χ0) is 119. The molecule has 0 saturated carbocycles. The Labute approximate surface area is 715 Å². The van der Waals surface area contributed by atoms with Gasteiger partial charge >= 0.3 is 256 Å². The van der Waals surface area contributed by atoms with Crippen molar-refractivity contribution in [1.29, 1.82) is 0 Å². The van der Waals surface area contributed by atoms with Crippen LogP contribution in [0.3, 0.4) is 0 Å². The van der Waals surface area contributed by atoms with E-state index in [1.165, 1.54) is 0 Å². The third kappa shape index (κ3) is 25.9. The van der Waals surface area contributed by atoms with Crippen LogP contribution in [0.25, 0.3) is 0 Å². The molecule has 0 radical (unpaired) electrons. The van der Waals surface area contributed by atoms with Gasteiger partial charge in [0.25, 0.3) is 0 Å². The van der Waals surface area contributed by atoms with Crippen molar-refractivity contribution in [1.82, 2.24) is 0 Å². The molecule has 145 heavy (non-hydrogen) atoms. The highest BCUT2D eigenvalue weighted by Crippen LogP contribution is 2.68. The standard InChI is InChI=1S/C42F86O17/c43-1(44,17(75,76)129-33(107,108)109)2(45,46)18(77,78)130-35(113,114)131-19(79,80)3(47,48)4(49,50)20(81,82)132-36(115,116)133-21(83,84)5(51,52)6(53,54)22(85,86)134-37(117,118)135-23(87,88)7(55,56)8(57,58)24(89,90)136-38(119,120)137-25(91,92)9(59,60)10(61,62)26(93,94)138-39(121,122)139-27(95,96)11(63,64)12(65,66)28(97,98)140-40(123,124)141-29(99,100)13(67,68)14(69,70)30(101,102)142-41(125,126)143-31(103,104)15(71,72)16(73,74)32(105,106)144-42(127,128)145-34(110,111)112. The molecule has 0 aromatic rings. The third-order valence-corrected chi connectivity index (χ3v) is 13.2. The molecule has 0 aliphatic heterocycles. The Hall–Kier alpha value is -6.70. The molecule has 0 saturated heterocycles. The summed E-state index contributed by atoms with van der Waals surface area (Å²) in [5.41, 5.74) is 0. The number of alkyl halides is 86. The fourth-order valence-corrected chi connectivity index (χ4v) is 6.63. The molecule has 17 nitrogen and oxygen atoms in total. The van der Waals surface area contributed by atoms with Crippen LogP contribution in [0.4, 0.5) is 378 Å². The summed E-state index contributed by atoms with van der Waals surface area (Å²) in [5, 5.41) is 0. The van der Waals surface area contributed by atoms with Crippen LogP contribution in [0, 0.1) is 0 Å². The second kappa shape index (κ2) is 37.1. The molecule has 872 valence electrons. The smallest absolute Gasteiger partial charge is 0.224 e. The second-order valence-corrected chi connectivity index (χ2v) is 23.8. The molecule has 0 aliphatic rings. The maximum atomic E-state index is 14.2. The van der Waals surface area contributed by atoms with Gasteiger partial charge < -0.3 is 0 Å². The Kier molecular flexibility index (Phi) is 35.4. The third-order valence-electron chi connectivity index (χ3n) is 13.2. The zero-order valence-corrected chi connectivity index (χ0v) is 60.4. The maximum Gasteiger partial charge on any atom is 0.529 e. The van der Waals surface area contributed by atoms with Gasteiger partial charge in [0.1, 0.15) is 0 Å². The first kappa shape index (κ1) is 138. The molecule has 0 spiro atoms. The number of rotatable bonds is 56. The first-order valence-corrected chi connectivity index (χ1v) is 29.2. The van der Waals surface area contributed by atoms with Gasteiger partial charge in [0, 0.05) is 0 Å². The maximum absolute atomic E-state index is 14.2. The topological polar surface area (TPSA) is 157 Å². The van der Waals surface area contributed by atoms with E-state index in [2.05, 4.69) is 0 Å². The zero-order valence-electron chi connectivity index (χ0n) is 60.4. The van der Waals surface area contributed by atoms with Gasteiger partial charge in [0.15, 0.2) is 0 Å². The largest absolute Gasteiger partial charge is 0.529 e. The summed E-state index contributed by atoms with van der Waals surface area (Å²) in [5.74, 6) is -155. The lowest BCUT2D eigenvalue weighted by Gasteiger charge is -2.40. The van der Waals surface area contributed by atoms with Gasteiger partial charge in [-0.3, -0.25) is 0 Å². The minimum atomic E-state index is -9.98. The van der Waals surface area contributed by atoms with Crippen LogP contribution in [-0.4, -0.2) is 256 Å². The first-order valence-electron chi connectivity index (χ1n) is 29.2. The van der Waals surface area contributed by atoms with Crippen LogP contribution in [0.2, 0.25) is 0 Å². The van der Waals surface area contributed by atoms with Gasteiger partial charge in [-0.2, -0.15) is 286 Å². The average molecular weight is 2410 g/mol. The van der Waals surface area contributed by atoms with E-state index in [-0.39, 0.29) is 0 Å². The van der Waals surface area contributed by atoms with Crippen molar-refractivity contribution in [3.63, 3.8) is 0 Å². The minimum absolute atomic E-state index is 0.521. The van der Waals surface area contributed by atoms with E-state index in [0.29, 0.717) is 56.8 Å². The van der Waals surface area contributed by atoms with E-state index in [9.17, 15) is 378 Å². The van der Waals surface area contributed by atoms with Crippen LogP contribution >= 0.6 is 0 Å². The molecule has 0 aromatic carbocycles. The van der Waals surface area contributed by atoms with E-state index in [1.807, 2.05) is 0 Å². The van der Waals surface area contributed by atoms with Crippen LogP contribution in [0.15, 0.2) is 0 Å². The van der Waals surface area contributed by atoms with Crippen LogP contribution in [0.1, 0.15) is 0 Å². The highest BCUT2D eigenvalue weighted by Gasteiger charge is 2.96. The van der Waals surface area contributed by atoms with Crippen molar-refractivity contribution >= 4 is 0 Å². The molecule has 103 heteroatoms. The summed E-state index contributed by atoms with van der Waals surface area (Å²) >= 11 is 0. The summed E-state index contributed by atoms with van der Waals surface area (Å²) in [6.45, 7) is 0. The summed E-state index contributed by atoms with van der Waals surface area (Å²) in [4.78, 5) is 0. The molecular weight excluding hydrogens is 2410 g/mol. The van der Waals surface area contributed by atoms with Gasteiger partial charge in [0.2, 0.25) is 0 Å². The minimum Gasteiger partial charge on any atom is -0.224 e. The predicted octanol–water partition coefficient (Wildman–Crippen LogP) is 26.4. The Morgan fingerprint density at radius 3 is 0.166 bits per heavy atom.